The Kier molecular flexibility index (Phi) is 6.12. The molecule has 0 aliphatic heterocycles. The molecule has 1 heterocycles. The van der Waals surface area contributed by atoms with Gasteiger partial charge in [-0.15, -0.1) is 0 Å². The van der Waals surface area contributed by atoms with Crippen molar-refractivity contribution in [3.05, 3.63) is 47.3 Å². The summed E-state index contributed by atoms with van der Waals surface area (Å²) in [4.78, 5) is 22.6. The zero-order valence-corrected chi connectivity index (χ0v) is 14.8. The van der Waals surface area contributed by atoms with Crippen LogP contribution in [0.2, 0.25) is 0 Å². The van der Waals surface area contributed by atoms with Crippen LogP contribution < -0.4 is 15.5 Å². The summed E-state index contributed by atoms with van der Waals surface area (Å²) in [6.45, 7) is 5.05. The van der Waals surface area contributed by atoms with Crippen molar-refractivity contribution in [2.45, 2.75) is 20.3 Å². The van der Waals surface area contributed by atoms with E-state index in [-0.39, 0.29) is 5.91 Å². The van der Waals surface area contributed by atoms with E-state index in [4.69, 9.17) is 0 Å². The molecule has 6 nitrogen and oxygen atoms in total. The summed E-state index contributed by atoms with van der Waals surface area (Å²) in [5.41, 5.74) is 2.19. The minimum Gasteiger partial charge on any atom is -0.368 e. The van der Waals surface area contributed by atoms with Crippen LogP contribution in [0.1, 0.15) is 17.0 Å². The van der Waals surface area contributed by atoms with E-state index in [2.05, 4.69) is 20.6 Å². The average molecular weight is 327 g/mol. The molecule has 0 spiro atoms. The van der Waals surface area contributed by atoms with Crippen molar-refractivity contribution < 1.29 is 4.79 Å². The normalized spacial score (nSPS) is 10.3. The molecule has 0 aliphatic carbocycles. The maximum absolute atomic E-state index is 12.0. The highest BCUT2D eigenvalue weighted by Gasteiger charge is 2.05. The maximum Gasteiger partial charge on any atom is 0.224 e. The molecular weight excluding hydrogens is 302 g/mol. The van der Waals surface area contributed by atoms with Gasteiger partial charge in [-0.05, 0) is 19.4 Å². The summed E-state index contributed by atoms with van der Waals surface area (Å²) in [7, 11) is 3.88. The molecule has 2 N–H and O–H groups in total. The van der Waals surface area contributed by atoms with Crippen molar-refractivity contribution in [3.63, 3.8) is 0 Å². The third-order valence-electron chi connectivity index (χ3n) is 3.48. The lowest BCUT2D eigenvalue weighted by atomic mass is 10.1. The number of benzene rings is 1. The Morgan fingerprint density at radius 1 is 1.12 bits per heavy atom. The van der Waals surface area contributed by atoms with Crippen molar-refractivity contribution in [3.8, 4) is 0 Å². The highest BCUT2D eigenvalue weighted by Crippen LogP contribution is 2.12. The smallest absolute Gasteiger partial charge is 0.224 e. The number of carbonyl (C=O) groups is 1. The third-order valence-corrected chi connectivity index (χ3v) is 3.48. The van der Waals surface area contributed by atoms with Crippen molar-refractivity contribution in [1.29, 1.82) is 0 Å². The lowest BCUT2D eigenvalue weighted by Gasteiger charge is -2.14. The van der Waals surface area contributed by atoms with Crippen LogP contribution in [0.4, 0.5) is 11.6 Å². The fourth-order valence-electron chi connectivity index (χ4n) is 2.33. The van der Waals surface area contributed by atoms with Gasteiger partial charge in [0.1, 0.15) is 17.5 Å². The molecule has 0 saturated carbocycles. The minimum atomic E-state index is 0.0234. The van der Waals surface area contributed by atoms with Crippen LogP contribution in [0.3, 0.4) is 0 Å². The molecule has 0 fully saturated rings. The first-order valence-electron chi connectivity index (χ1n) is 8.03. The number of nitrogens with one attached hydrogen (secondary N) is 2. The summed E-state index contributed by atoms with van der Waals surface area (Å²) < 4.78 is 0. The van der Waals surface area contributed by atoms with Crippen LogP contribution in [0.25, 0.3) is 0 Å². The number of anilines is 2. The van der Waals surface area contributed by atoms with E-state index < -0.39 is 0 Å². The molecule has 128 valence electrons. The van der Waals surface area contributed by atoms with Gasteiger partial charge in [0.25, 0.3) is 0 Å². The molecule has 0 unspecified atom stereocenters. The number of hydrogen-bond donors (Lipinski definition) is 2. The van der Waals surface area contributed by atoms with E-state index in [1.54, 1.807) is 0 Å². The second-order valence-corrected chi connectivity index (χ2v) is 6.00. The SMILES string of the molecule is Cc1cccc(CC(=O)NCCNc2cc(N(C)C)nc(C)n2)c1. The van der Waals surface area contributed by atoms with Gasteiger partial charge in [0.15, 0.2) is 0 Å². The molecule has 2 rings (SSSR count). The van der Waals surface area contributed by atoms with Crippen LogP contribution in [0.5, 0.6) is 0 Å². The molecule has 1 aromatic carbocycles. The van der Waals surface area contributed by atoms with Gasteiger partial charge in [0, 0.05) is 33.3 Å². The molecule has 6 heteroatoms. The number of nitrogens with zero attached hydrogens (tertiary/aromatic N) is 3. The fraction of sp³-hybridized carbons (Fsp3) is 0.389. The Balaban J connectivity index is 1.77. The lowest BCUT2D eigenvalue weighted by Crippen LogP contribution is -2.30. The van der Waals surface area contributed by atoms with Gasteiger partial charge in [-0.25, -0.2) is 9.97 Å². The van der Waals surface area contributed by atoms with Gasteiger partial charge < -0.3 is 15.5 Å². The molecule has 0 bridgehead atoms. The second kappa shape index (κ2) is 8.29. The minimum absolute atomic E-state index is 0.0234. The zero-order valence-electron chi connectivity index (χ0n) is 14.8. The molecule has 0 saturated heterocycles. The topological polar surface area (TPSA) is 70.2 Å². The van der Waals surface area contributed by atoms with Crippen molar-refractivity contribution in [2.75, 3.05) is 37.4 Å². The van der Waals surface area contributed by atoms with Crippen LogP contribution >= 0.6 is 0 Å². The quantitative estimate of drug-likeness (QED) is 0.761. The summed E-state index contributed by atoms with van der Waals surface area (Å²) in [6.07, 6.45) is 0.402. The van der Waals surface area contributed by atoms with E-state index in [1.165, 1.54) is 0 Å². The van der Waals surface area contributed by atoms with Crippen LogP contribution in [-0.2, 0) is 11.2 Å². The van der Waals surface area contributed by atoms with E-state index >= 15 is 0 Å². The number of carbonyl (C=O) groups excluding carboxylic acids is 1. The van der Waals surface area contributed by atoms with Gasteiger partial charge in [0.2, 0.25) is 5.91 Å². The molecule has 0 radical (unpaired) electrons. The lowest BCUT2D eigenvalue weighted by molar-refractivity contribution is -0.120. The van der Waals surface area contributed by atoms with E-state index in [1.807, 2.05) is 63.2 Å². The Morgan fingerprint density at radius 2 is 1.92 bits per heavy atom. The molecule has 0 aliphatic rings. The molecule has 1 amide bonds. The Labute approximate surface area is 143 Å². The number of aromatic nitrogens is 2. The largest absolute Gasteiger partial charge is 0.368 e. The Hall–Kier alpha value is -2.63. The van der Waals surface area contributed by atoms with Gasteiger partial charge in [-0.3, -0.25) is 4.79 Å². The van der Waals surface area contributed by atoms with Gasteiger partial charge >= 0.3 is 0 Å². The molecular formula is C18H25N5O. The van der Waals surface area contributed by atoms with E-state index in [9.17, 15) is 4.79 Å². The van der Waals surface area contributed by atoms with Crippen molar-refractivity contribution in [2.24, 2.45) is 0 Å². The van der Waals surface area contributed by atoms with Crippen LogP contribution in [-0.4, -0.2) is 43.1 Å². The van der Waals surface area contributed by atoms with Crippen molar-refractivity contribution in [1.82, 2.24) is 15.3 Å². The standard InChI is InChI=1S/C18H25N5O/c1-13-6-5-7-15(10-13)11-18(24)20-9-8-19-16-12-17(23(3)4)22-14(2)21-16/h5-7,10,12H,8-9,11H2,1-4H3,(H,20,24)(H,19,21,22). The first-order chi connectivity index (χ1) is 11.4. The Bertz CT molecular complexity index is 700. The first kappa shape index (κ1) is 17.7. The number of rotatable bonds is 7. The van der Waals surface area contributed by atoms with E-state index in [0.29, 0.717) is 25.3 Å². The fourth-order valence-corrected chi connectivity index (χ4v) is 2.33. The number of hydrogen-bond acceptors (Lipinski definition) is 5. The van der Waals surface area contributed by atoms with Gasteiger partial charge in [-0.2, -0.15) is 0 Å². The van der Waals surface area contributed by atoms with Crippen LogP contribution in [0.15, 0.2) is 30.3 Å². The van der Waals surface area contributed by atoms with E-state index in [0.717, 1.165) is 22.8 Å². The third kappa shape index (κ3) is 5.53. The van der Waals surface area contributed by atoms with Gasteiger partial charge in [0.05, 0.1) is 6.42 Å². The maximum atomic E-state index is 12.0. The molecule has 0 atom stereocenters. The first-order valence-corrected chi connectivity index (χ1v) is 8.03. The molecule has 24 heavy (non-hydrogen) atoms. The number of aryl methyl sites for hydroxylation is 2. The molecule has 2 aromatic rings. The predicted octanol–water partition coefficient (Wildman–Crippen LogP) is 1.93. The average Bonchev–Trinajstić information content (AvgIpc) is 2.51. The predicted molar refractivity (Wildman–Crippen MR) is 97.5 cm³/mol. The highest BCUT2D eigenvalue weighted by atomic mass is 16.1. The summed E-state index contributed by atoms with van der Waals surface area (Å²) in [6, 6.07) is 9.89. The molecule has 1 aromatic heterocycles. The summed E-state index contributed by atoms with van der Waals surface area (Å²) in [5, 5.41) is 6.13. The van der Waals surface area contributed by atoms with Crippen molar-refractivity contribution >= 4 is 17.5 Å². The zero-order chi connectivity index (χ0) is 17.5. The summed E-state index contributed by atoms with van der Waals surface area (Å²) >= 11 is 0. The highest BCUT2D eigenvalue weighted by molar-refractivity contribution is 5.78. The Morgan fingerprint density at radius 3 is 2.62 bits per heavy atom. The monoisotopic (exact) mass is 327 g/mol. The second-order valence-electron chi connectivity index (χ2n) is 6.00. The summed E-state index contributed by atoms with van der Waals surface area (Å²) in [5.74, 6) is 2.36. The van der Waals surface area contributed by atoms with Crippen LogP contribution in [0, 0.1) is 13.8 Å². The van der Waals surface area contributed by atoms with Gasteiger partial charge in [-0.1, -0.05) is 29.8 Å². The number of amides is 1.